The molecule has 3 aromatic rings. The van der Waals surface area contributed by atoms with Gasteiger partial charge in [-0.25, -0.2) is 8.42 Å². The third-order valence-corrected chi connectivity index (χ3v) is 11.2. The molecule has 1 N–H and O–H groups in total. The fraction of sp³-hybridized carbons (Fsp3) is 0.267. The first-order valence-corrected chi connectivity index (χ1v) is 15.3. The van der Waals surface area contributed by atoms with Gasteiger partial charge in [0.1, 0.15) is 12.2 Å². The number of aliphatic hydroxyl groups is 1. The van der Waals surface area contributed by atoms with Crippen LogP contribution in [-0.2, 0) is 19.4 Å². The minimum atomic E-state index is -5.18. The maximum Gasteiger partial charge on any atom is 0.224 e. The van der Waals surface area contributed by atoms with Gasteiger partial charge in [-0.05, 0) is 70.6 Å². The zero-order valence-corrected chi connectivity index (χ0v) is 22.6. The first kappa shape index (κ1) is 23.4. The van der Waals surface area contributed by atoms with Crippen molar-refractivity contribution in [3.8, 4) is 11.1 Å². The van der Waals surface area contributed by atoms with Crippen molar-refractivity contribution in [2.24, 2.45) is 11.8 Å². The van der Waals surface area contributed by atoms with Gasteiger partial charge in [0, 0.05) is 44.9 Å². The lowest BCUT2D eigenvalue weighted by molar-refractivity contribution is -0.118. The van der Waals surface area contributed by atoms with E-state index in [1.165, 1.54) is 6.08 Å². The molecule has 0 unspecified atom stereocenters. The highest BCUT2D eigenvalue weighted by atomic mass is 32.3. The van der Waals surface area contributed by atoms with Crippen molar-refractivity contribution in [3.63, 3.8) is 0 Å². The van der Waals surface area contributed by atoms with Crippen LogP contribution in [0.5, 0.6) is 0 Å². The van der Waals surface area contributed by atoms with Crippen LogP contribution >= 0.6 is 11.8 Å². The zero-order chi connectivity index (χ0) is 27.4. The van der Waals surface area contributed by atoms with Crippen LogP contribution in [0.4, 0.5) is 5.69 Å². The fourth-order valence-electron chi connectivity index (χ4n) is 8.48. The molecular weight excluding hydrogens is 550 g/mol. The molecule has 3 aromatic carbocycles. The number of allylic oxidation sites excluding steroid dienone is 1. The number of benzene rings is 3. The third-order valence-electron chi connectivity index (χ3n) is 9.68. The van der Waals surface area contributed by atoms with Crippen molar-refractivity contribution in [2.45, 2.75) is 36.0 Å². The van der Waals surface area contributed by atoms with E-state index in [-0.39, 0.29) is 34.7 Å². The van der Waals surface area contributed by atoms with E-state index in [1.807, 2.05) is 37.3 Å². The number of aliphatic hydroxyl groups excluding tert-OH is 1. The van der Waals surface area contributed by atoms with E-state index >= 15 is 0 Å². The summed E-state index contributed by atoms with van der Waals surface area (Å²) in [6, 6.07) is 9.83. The van der Waals surface area contributed by atoms with E-state index in [2.05, 4.69) is 4.90 Å². The Morgan fingerprint density at radius 1 is 1.10 bits per heavy atom. The number of carbonyl (C=O) groups excluding carboxylic acids is 2. The van der Waals surface area contributed by atoms with Gasteiger partial charge in [0.15, 0.2) is 5.78 Å². The Labute approximate surface area is 233 Å². The van der Waals surface area contributed by atoms with E-state index in [9.17, 15) is 27.7 Å². The summed E-state index contributed by atoms with van der Waals surface area (Å²) in [6.45, 7) is 2.74. The highest BCUT2D eigenvalue weighted by Crippen LogP contribution is 2.65. The normalized spacial score (nSPS) is 30.1. The Morgan fingerprint density at radius 3 is 2.73 bits per heavy atom. The molecule has 10 heteroatoms. The molecule has 40 heavy (non-hydrogen) atoms. The van der Waals surface area contributed by atoms with Crippen molar-refractivity contribution in [3.05, 3.63) is 75.9 Å². The quantitative estimate of drug-likeness (QED) is 0.353. The maximum absolute atomic E-state index is 13.4. The average Bonchev–Trinajstić information content (AvgIpc) is 3.36. The highest BCUT2D eigenvalue weighted by molar-refractivity contribution is 8.15. The number of ketones is 1. The van der Waals surface area contributed by atoms with Crippen LogP contribution in [0.2, 0.25) is 0 Å². The summed E-state index contributed by atoms with van der Waals surface area (Å²) in [5.41, 5.74) is 7.29. The standard InChI is InChI=1S/C30H21NO7S2/c1-11-9-19(33)21-12-3-2-4-13-22-14-6-8-18(32)28(38-40(35,36)37)25(14)29-24-15(30(34)39-29)5-7-17(26(22)24)31-10-16(21)20(11)27(31)23(12)13/h2-9,16,18,20-21,27-28,32H,10H2,1H3,(H,35,36,37)/p-1/t16-,18+,20-,21-,27+,28-/m0/s1. The zero-order valence-electron chi connectivity index (χ0n) is 21.0. The van der Waals surface area contributed by atoms with Gasteiger partial charge in [0.2, 0.25) is 15.5 Å². The highest BCUT2D eigenvalue weighted by Gasteiger charge is 2.57. The minimum absolute atomic E-state index is 0.00585. The molecule has 0 amide bonds. The predicted octanol–water partition coefficient (Wildman–Crippen LogP) is 4.39. The summed E-state index contributed by atoms with van der Waals surface area (Å²) in [4.78, 5) is 29.6. The summed E-state index contributed by atoms with van der Waals surface area (Å²) < 4.78 is 40.3. The number of hydrogen-bond donors (Lipinski definition) is 1. The molecule has 9 rings (SSSR count). The number of fused-ring (bicyclic) bond motifs is 6. The summed E-state index contributed by atoms with van der Waals surface area (Å²) in [7, 11) is -5.18. The van der Waals surface area contributed by atoms with Gasteiger partial charge in [-0.3, -0.25) is 13.8 Å². The van der Waals surface area contributed by atoms with Crippen LogP contribution in [0.1, 0.15) is 57.6 Å². The molecule has 0 spiro atoms. The molecule has 200 valence electrons. The molecule has 0 saturated carbocycles. The number of nitrogens with zero attached hydrogens (tertiary/aromatic N) is 1. The Balaban J connectivity index is 1.47. The lowest BCUT2D eigenvalue weighted by Gasteiger charge is -2.41. The van der Waals surface area contributed by atoms with E-state index in [4.69, 9.17) is 4.18 Å². The molecule has 0 aromatic heterocycles. The van der Waals surface area contributed by atoms with Gasteiger partial charge in [0.05, 0.1) is 12.0 Å². The average molecular weight is 571 g/mol. The lowest BCUT2D eigenvalue weighted by atomic mass is 9.61. The second-order valence-electron chi connectivity index (χ2n) is 11.4. The minimum Gasteiger partial charge on any atom is -0.726 e. The van der Waals surface area contributed by atoms with Gasteiger partial charge in [-0.2, -0.15) is 0 Å². The van der Waals surface area contributed by atoms with Gasteiger partial charge in [-0.15, -0.1) is 0 Å². The van der Waals surface area contributed by atoms with E-state index in [0.29, 0.717) is 33.5 Å². The third kappa shape index (κ3) is 2.66. The second kappa shape index (κ2) is 7.32. The molecule has 8 nitrogen and oxygen atoms in total. The first-order chi connectivity index (χ1) is 19.1. The van der Waals surface area contributed by atoms with Crippen molar-refractivity contribution < 1.29 is 31.8 Å². The Morgan fingerprint density at radius 2 is 1.93 bits per heavy atom. The molecule has 3 heterocycles. The van der Waals surface area contributed by atoms with Gasteiger partial charge < -0.3 is 14.6 Å². The summed E-state index contributed by atoms with van der Waals surface area (Å²) in [5, 5.41) is 12.2. The molecule has 0 radical (unpaired) electrons. The number of thioether (sulfide) groups is 1. The molecular formula is C30H20NO7S2-. The molecule has 3 aliphatic heterocycles. The Kier molecular flexibility index (Phi) is 4.28. The van der Waals surface area contributed by atoms with Crippen LogP contribution in [-0.4, -0.2) is 41.6 Å². The van der Waals surface area contributed by atoms with Crippen LogP contribution in [0.3, 0.4) is 0 Å². The molecule has 4 bridgehead atoms. The smallest absolute Gasteiger partial charge is 0.224 e. The largest absolute Gasteiger partial charge is 0.726 e. The van der Waals surface area contributed by atoms with Crippen LogP contribution < -0.4 is 4.90 Å². The van der Waals surface area contributed by atoms with E-state index in [0.717, 1.165) is 50.7 Å². The summed E-state index contributed by atoms with van der Waals surface area (Å²) in [6.07, 6.45) is 2.08. The SMILES string of the molecule is CC1=CC(=O)[C@H]2c3cccc4c3[C@H]3[C@@H]1[C@@H]2CN3c1ccc2c3c(c5c(c-4c13)C=C[C@@H](O)[C@@H]5OS(=O)(=O)[O-])SC2=O. The fourth-order valence-corrected chi connectivity index (χ4v) is 10.1. The van der Waals surface area contributed by atoms with E-state index in [1.54, 1.807) is 12.2 Å². The maximum atomic E-state index is 13.4. The second-order valence-corrected chi connectivity index (χ2v) is 13.4. The number of hydrogen-bond acceptors (Lipinski definition) is 9. The van der Waals surface area contributed by atoms with Crippen molar-refractivity contribution in [1.29, 1.82) is 0 Å². The predicted molar refractivity (Wildman–Crippen MR) is 147 cm³/mol. The molecule has 1 fully saturated rings. The summed E-state index contributed by atoms with van der Waals surface area (Å²) in [5.74, 6) is 0.182. The van der Waals surface area contributed by atoms with Gasteiger partial charge in [-0.1, -0.05) is 35.9 Å². The van der Waals surface area contributed by atoms with Crippen molar-refractivity contribution in [1.82, 2.24) is 0 Å². The van der Waals surface area contributed by atoms with Crippen molar-refractivity contribution in [2.75, 3.05) is 11.4 Å². The van der Waals surface area contributed by atoms with Gasteiger partial charge in [0.25, 0.3) is 0 Å². The van der Waals surface area contributed by atoms with Crippen molar-refractivity contribution >= 4 is 55.6 Å². The van der Waals surface area contributed by atoms with Crippen LogP contribution in [0.15, 0.2) is 53.0 Å². The van der Waals surface area contributed by atoms with Gasteiger partial charge >= 0.3 is 0 Å². The monoisotopic (exact) mass is 570 g/mol. The van der Waals surface area contributed by atoms with E-state index < -0.39 is 22.6 Å². The number of rotatable bonds is 2. The molecule has 6 atom stereocenters. The Hall–Kier alpha value is -3.28. The number of carbonyl (C=O) groups is 2. The molecule has 6 aliphatic rings. The van der Waals surface area contributed by atoms with Crippen LogP contribution in [0.25, 0.3) is 28.0 Å². The number of anilines is 1. The lowest BCUT2D eigenvalue weighted by Crippen LogP contribution is -2.37. The molecule has 3 aliphatic carbocycles. The topological polar surface area (TPSA) is 124 Å². The molecule has 1 saturated heterocycles. The Bertz CT molecular complexity index is 1980. The first-order valence-electron chi connectivity index (χ1n) is 13.1. The van der Waals surface area contributed by atoms with Crippen LogP contribution in [0, 0.1) is 11.8 Å². The summed E-state index contributed by atoms with van der Waals surface area (Å²) >= 11 is 0.976.